The molecule has 0 aliphatic carbocycles. The van der Waals surface area contributed by atoms with Gasteiger partial charge in [-0.2, -0.15) is 0 Å². The molecule has 0 spiro atoms. The van der Waals surface area contributed by atoms with Crippen molar-refractivity contribution in [3.8, 4) is 5.75 Å². The summed E-state index contributed by atoms with van der Waals surface area (Å²) in [6.07, 6.45) is 1.44. The number of benzene rings is 2. The van der Waals surface area contributed by atoms with Crippen molar-refractivity contribution >= 4 is 45.5 Å². The summed E-state index contributed by atoms with van der Waals surface area (Å²) >= 11 is 3.36. The molecule has 1 fully saturated rings. The number of ether oxygens (including phenoxy) is 2. The first-order chi connectivity index (χ1) is 13.5. The van der Waals surface area contributed by atoms with E-state index < -0.39 is 17.8 Å². The van der Waals surface area contributed by atoms with Crippen LogP contribution in [0, 0.1) is 0 Å². The Hall–Kier alpha value is -3.13. The molecule has 144 valence electrons. The SMILES string of the molecule is CCOC(=O)COc1ccc(Br)cc1/C=C1/C(=O)NN(c2ccccc2)C1=O. The summed E-state index contributed by atoms with van der Waals surface area (Å²) < 4.78 is 11.1. The molecule has 2 aromatic carbocycles. The summed E-state index contributed by atoms with van der Waals surface area (Å²) in [6.45, 7) is 1.68. The number of hydrazine groups is 1. The van der Waals surface area contributed by atoms with Gasteiger partial charge >= 0.3 is 5.97 Å². The molecule has 8 heteroatoms. The number of carbonyl (C=O) groups is 3. The van der Waals surface area contributed by atoms with Gasteiger partial charge in [0.2, 0.25) is 0 Å². The largest absolute Gasteiger partial charge is 0.481 e. The molecule has 0 bridgehead atoms. The number of nitrogens with one attached hydrogen (secondary N) is 1. The lowest BCUT2D eigenvalue weighted by atomic mass is 10.1. The molecule has 7 nitrogen and oxygen atoms in total. The van der Waals surface area contributed by atoms with Crippen LogP contribution in [0.1, 0.15) is 12.5 Å². The van der Waals surface area contributed by atoms with Crippen molar-refractivity contribution in [2.24, 2.45) is 0 Å². The van der Waals surface area contributed by atoms with E-state index in [-0.39, 0.29) is 18.8 Å². The van der Waals surface area contributed by atoms with Gasteiger partial charge < -0.3 is 9.47 Å². The fraction of sp³-hybridized carbons (Fsp3) is 0.150. The Morgan fingerprint density at radius 1 is 1.18 bits per heavy atom. The lowest BCUT2D eigenvalue weighted by Gasteiger charge is -2.14. The monoisotopic (exact) mass is 444 g/mol. The average molecular weight is 445 g/mol. The number of hydrogen-bond donors (Lipinski definition) is 1. The summed E-state index contributed by atoms with van der Waals surface area (Å²) in [7, 11) is 0. The average Bonchev–Trinajstić information content (AvgIpc) is 2.96. The second kappa shape index (κ2) is 8.71. The molecule has 0 unspecified atom stereocenters. The quantitative estimate of drug-likeness (QED) is 0.420. The summed E-state index contributed by atoms with van der Waals surface area (Å²) in [4.78, 5) is 36.6. The van der Waals surface area contributed by atoms with E-state index in [0.29, 0.717) is 17.0 Å². The third-order valence-corrected chi connectivity index (χ3v) is 4.32. The molecule has 28 heavy (non-hydrogen) atoms. The Labute approximate surface area is 170 Å². The molecule has 0 saturated carbocycles. The van der Waals surface area contributed by atoms with Gasteiger partial charge in [-0.15, -0.1) is 0 Å². The van der Waals surface area contributed by atoms with E-state index >= 15 is 0 Å². The number of rotatable bonds is 6. The van der Waals surface area contributed by atoms with Crippen molar-refractivity contribution in [2.75, 3.05) is 18.2 Å². The maximum Gasteiger partial charge on any atom is 0.344 e. The minimum atomic E-state index is -0.523. The van der Waals surface area contributed by atoms with Crippen LogP contribution in [0.3, 0.4) is 0 Å². The molecule has 1 heterocycles. The predicted octanol–water partition coefficient (Wildman–Crippen LogP) is 2.85. The van der Waals surface area contributed by atoms with Crippen molar-refractivity contribution < 1.29 is 23.9 Å². The van der Waals surface area contributed by atoms with Crippen LogP contribution in [0.15, 0.2) is 58.6 Å². The molecule has 1 N–H and O–H groups in total. The number of nitrogens with zero attached hydrogens (tertiary/aromatic N) is 1. The Morgan fingerprint density at radius 3 is 2.64 bits per heavy atom. The number of halogens is 1. The third-order valence-electron chi connectivity index (χ3n) is 3.83. The van der Waals surface area contributed by atoms with Gasteiger partial charge in [0.1, 0.15) is 11.3 Å². The smallest absolute Gasteiger partial charge is 0.344 e. The van der Waals surface area contributed by atoms with Gasteiger partial charge in [-0.1, -0.05) is 34.1 Å². The number of carbonyl (C=O) groups excluding carboxylic acids is 3. The van der Waals surface area contributed by atoms with Crippen molar-refractivity contribution in [3.63, 3.8) is 0 Å². The number of anilines is 1. The Kier molecular flexibility index (Phi) is 6.10. The van der Waals surface area contributed by atoms with Gasteiger partial charge in [-0.25, -0.2) is 9.80 Å². The number of esters is 1. The molecule has 0 aromatic heterocycles. The van der Waals surface area contributed by atoms with Crippen LogP contribution in [0.4, 0.5) is 5.69 Å². The molecule has 1 saturated heterocycles. The summed E-state index contributed by atoms with van der Waals surface area (Å²) in [5.41, 5.74) is 3.53. The van der Waals surface area contributed by atoms with Gasteiger partial charge in [-0.05, 0) is 43.3 Å². The van der Waals surface area contributed by atoms with Crippen molar-refractivity contribution in [2.45, 2.75) is 6.92 Å². The molecule has 0 atom stereocenters. The van der Waals surface area contributed by atoms with Crippen LogP contribution >= 0.6 is 15.9 Å². The molecule has 1 aliphatic rings. The highest BCUT2D eigenvalue weighted by Gasteiger charge is 2.34. The molecule has 3 rings (SSSR count). The molecular weight excluding hydrogens is 428 g/mol. The van der Waals surface area contributed by atoms with Crippen molar-refractivity contribution in [1.29, 1.82) is 0 Å². The fourth-order valence-electron chi connectivity index (χ4n) is 2.57. The van der Waals surface area contributed by atoms with E-state index in [4.69, 9.17) is 9.47 Å². The van der Waals surface area contributed by atoms with E-state index in [1.807, 2.05) is 6.07 Å². The maximum absolute atomic E-state index is 12.7. The van der Waals surface area contributed by atoms with Crippen molar-refractivity contribution in [1.82, 2.24) is 5.43 Å². The van der Waals surface area contributed by atoms with Gasteiger partial charge in [0.05, 0.1) is 12.3 Å². The molecule has 2 aromatic rings. The number of para-hydroxylation sites is 1. The number of hydrogen-bond acceptors (Lipinski definition) is 5. The maximum atomic E-state index is 12.7. The predicted molar refractivity (Wildman–Crippen MR) is 106 cm³/mol. The first kappa shape index (κ1) is 19.6. The zero-order valence-corrected chi connectivity index (χ0v) is 16.6. The highest BCUT2D eigenvalue weighted by atomic mass is 79.9. The lowest BCUT2D eigenvalue weighted by Crippen LogP contribution is -2.35. The Balaban J connectivity index is 1.88. The van der Waals surface area contributed by atoms with Crippen LogP contribution in [-0.2, 0) is 19.1 Å². The summed E-state index contributed by atoms with van der Waals surface area (Å²) in [6, 6.07) is 13.9. The molecular formula is C20H17BrN2O5. The highest BCUT2D eigenvalue weighted by molar-refractivity contribution is 9.10. The highest BCUT2D eigenvalue weighted by Crippen LogP contribution is 2.28. The van der Waals surface area contributed by atoms with Gasteiger partial charge in [-0.3, -0.25) is 15.0 Å². The Morgan fingerprint density at radius 2 is 1.93 bits per heavy atom. The summed E-state index contributed by atoms with van der Waals surface area (Å²) in [5.74, 6) is -1.16. The van der Waals surface area contributed by atoms with E-state index in [2.05, 4.69) is 21.4 Å². The zero-order valence-electron chi connectivity index (χ0n) is 15.0. The second-order valence-electron chi connectivity index (χ2n) is 5.75. The summed E-state index contributed by atoms with van der Waals surface area (Å²) in [5, 5.41) is 1.19. The Bertz CT molecular complexity index is 943. The van der Waals surface area contributed by atoms with Crippen LogP contribution < -0.4 is 15.2 Å². The molecule has 1 aliphatic heterocycles. The standard InChI is InChI=1S/C20H17BrN2O5/c1-2-27-18(24)12-28-17-9-8-14(21)10-13(17)11-16-19(25)22-23(20(16)26)15-6-4-3-5-7-15/h3-11H,2,12H2,1H3,(H,22,25)/b16-11-. The number of amides is 2. The van der Waals surface area contributed by atoms with Crippen LogP contribution in [0.5, 0.6) is 5.75 Å². The zero-order chi connectivity index (χ0) is 20.1. The first-order valence-corrected chi connectivity index (χ1v) is 9.29. The molecule has 2 amide bonds. The van der Waals surface area contributed by atoms with E-state index in [9.17, 15) is 14.4 Å². The van der Waals surface area contributed by atoms with Crippen molar-refractivity contribution in [3.05, 3.63) is 64.1 Å². The van der Waals surface area contributed by atoms with Crippen LogP contribution in [0.2, 0.25) is 0 Å². The van der Waals surface area contributed by atoms with E-state index in [1.165, 1.54) is 11.1 Å². The second-order valence-corrected chi connectivity index (χ2v) is 6.67. The van der Waals surface area contributed by atoms with Gasteiger partial charge in [0, 0.05) is 10.0 Å². The van der Waals surface area contributed by atoms with Crippen LogP contribution in [0.25, 0.3) is 6.08 Å². The van der Waals surface area contributed by atoms with E-state index in [1.54, 1.807) is 49.4 Å². The fourth-order valence-corrected chi connectivity index (χ4v) is 2.95. The minimum Gasteiger partial charge on any atom is -0.481 e. The van der Waals surface area contributed by atoms with E-state index in [0.717, 1.165) is 4.47 Å². The van der Waals surface area contributed by atoms with Gasteiger partial charge in [0.25, 0.3) is 11.8 Å². The molecule has 0 radical (unpaired) electrons. The lowest BCUT2D eigenvalue weighted by molar-refractivity contribution is -0.145. The minimum absolute atomic E-state index is 0.0389. The van der Waals surface area contributed by atoms with Gasteiger partial charge in [0.15, 0.2) is 6.61 Å². The topological polar surface area (TPSA) is 84.9 Å². The normalized spacial score (nSPS) is 14.9. The first-order valence-electron chi connectivity index (χ1n) is 8.49. The third kappa shape index (κ3) is 4.40. The van der Waals surface area contributed by atoms with Crippen LogP contribution in [-0.4, -0.2) is 31.0 Å².